The van der Waals surface area contributed by atoms with Gasteiger partial charge in [0.1, 0.15) is 0 Å². The highest BCUT2D eigenvalue weighted by Crippen LogP contribution is 2.05. The largest absolute Gasteiger partial charge is 0.332 e. The van der Waals surface area contributed by atoms with Crippen LogP contribution in [0.25, 0.3) is 0 Å². The van der Waals surface area contributed by atoms with Crippen LogP contribution in [0.5, 0.6) is 0 Å². The molecule has 0 aliphatic heterocycles. The standard InChI is InChI=1S/C14H17NO2/c1-4-9-15(12(3)16)10-14(17)13-7-5-11(2)6-8-13/h4-8H,1,9-10H2,2-3H3. The molecule has 1 aromatic rings. The second kappa shape index (κ2) is 5.99. The Morgan fingerprint density at radius 2 is 1.88 bits per heavy atom. The van der Waals surface area contributed by atoms with E-state index in [1.807, 2.05) is 19.1 Å². The van der Waals surface area contributed by atoms with Gasteiger partial charge in [-0.2, -0.15) is 0 Å². The van der Waals surface area contributed by atoms with Crippen molar-refractivity contribution in [2.45, 2.75) is 13.8 Å². The third-order valence-corrected chi connectivity index (χ3v) is 2.50. The molecular formula is C14H17NO2. The molecule has 0 N–H and O–H groups in total. The Bertz CT molecular complexity index is 420. The molecule has 0 heterocycles. The minimum absolute atomic E-state index is 0.0537. The van der Waals surface area contributed by atoms with Crippen molar-refractivity contribution in [3.05, 3.63) is 48.0 Å². The first kappa shape index (κ1) is 13.2. The first-order valence-electron chi connectivity index (χ1n) is 5.51. The maximum atomic E-state index is 11.9. The summed E-state index contributed by atoms with van der Waals surface area (Å²) in [6.07, 6.45) is 1.61. The fraction of sp³-hybridized carbons (Fsp3) is 0.286. The fourth-order valence-corrected chi connectivity index (χ4v) is 1.46. The molecule has 1 amide bonds. The lowest BCUT2D eigenvalue weighted by Crippen LogP contribution is -2.34. The van der Waals surface area contributed by atoms with E-state index in [2.05, 4.69) is 6.58 Å². The van der Waals surface area contributed by atoms with Crippen LogP contribution in [0.3, 0.4) is 0 Å². The number of carbonyl (C=O) groups is 2. The van der Waals surface area contributed by atoms with Gasteiger partial charge in [0.25, 0.3) is 0 Å². The van der Waals surface area contributed by atoms with Crippen molar-refractivity contribution in [3.63, 3.8) is 0 Å². The number of carbonyl (C=O) groups excluding carboxylic acids is 2. The summed E-state index contributed by atoms with van der Waals surface area (Å²) in [6.45, 7) is 7.48. The van der Waals surface area contributed by atoms with Crippen LogP contribution < -0.4 is 0 Å². The second-order valence-electron chi connectivity index (χ2n) is 3.98. The molecule has 0 aliphatic rings. The molecule has 3 nitrogen and oxygen atoms in total. The van der Waals surface area contributed by atoms with Crippen molar-refractivity contribution in [1.82, 2.24) is 4.90 Å². The Hall–Kier alpha value is -1.90. The highest BCUT2D eigenvalue weighted by atomic mass is 16.2. The van der Waals surface area contributed by atoms with E-state index < -0.39 is 0 Å². The number of Topliss-reactive ketones (excluding diaryl/α,β-unsaturated/α-hetero) is 1. The van der Waals surface area contributed by atoms with E-state index in [0.29, 0.717) is 12.1 Å². The summed E-state index contributed by atoms with van der Waals surface area (Å²) in [5.41, 5.74) is 1.74. The van der Waals surface area contributed by atoms with Crippen LogP contribution in [0.4, 0.5) is 0 Å². The van der Waals surface area contributed by atoms with Crippen molar-refractivity contribution in [3.8, 4) is 0 Å². The SMILES string of the molecule is C=CCN(CC(=O)c1ccc(C)cc1)C(C)=O. The molecule has 1 aromatic carbocycles. The Balaban J connectivity index is 2.73. The monoisotopic (exact) mass is 231 g/mol. The molecular weight excluding hydrogens is 214 g/mol. The molecule has 0 saturated carbocycles. The molecule has 17 heavy (non-hydrogen) atoms. The number of aryl methyl sites for hydroxylation is 1. The van der Waals surface area contributed by atoms with Gasteiger partial charge in [0, 0.05) is 19.0 Å². The van der Waals surface area contributed by atoms with Gasteiger partial charge < -0.3 is 4.90 Å². The molecule has 0 aromatic heterocycles. The van der Waals surface area contributed by atoms with E-state index >= 15 is 0 Å². The number of hydrogen-bond donors (Lipinski definition) is 0. The van der Waals surface area contributed by atoms with Crippen LogP contribution in [0.2, 0.25) is 0 Å². The maximum absolute atomic E-state index is 11.9. The van der Waals surface area contributed by atoms with Crippen LogP contribution in [0.1, 0.15) is 22.8 Å². The van der Waals surface area contributed by atoms with Gasteiger partial charge in [-0.3, -0.25) is 9.59 Å². The van der Waals surface area contributed by atoms with Crippen LogP contribution in [-0.4, -0.2) is 29.7 Å². The van der Waals surface area contributed by atoms with Gasteiger partial charge in [-0.05, 0) is 6.92 Å². The summed E-state index contributed by atoms with van der Waals surface area (Å²) >= 11 is 0. The predicted octanol–water partition coefficient (Wildman–Crippen LogP) is 2.21. The minimum atomic E-state index is -0.120. The third kappa shape index (κ3) is 3.87. The van der Waals surface area contributed by atoms with Crippen molar-refractivity contribution in [2.75, 3.05) is 13.1 Å². The average molecular weight is 231 g/mol. The molecule has 0 atom stereocenters. The molecule has 0 unspecified atom stereocenters. The first-order chi connectivity index (χ1) is 8.04. The Kier molecular flexibility index (Phi) is 4.64. The second-order valence-corrected chi connectivity index (χ2v) is 3.98. The number of hydrogen-bond acceptors (Lipinski definition) is 2. The van der Waals surface area contributed by atoms with Crippen LogP contribution in [0, 0.1) is 6.92 Å². The first-order valence-corrected chi connectivity index (χ1v) is 5.51. The van der Waals surface area contributed by atoms with Crippen molar-refractivity contribution < 1.29 is 9.59 Å². The van der Waals surface area contributed by atoms with Gasteiger partial charge in [-0.25, -0.2) is 0 Å². The molecule has 0 radical (unpaired) electrons. The molecule has 3 heteroatoms. The molecule has 0 fully saturated rings. The van der Waals surface area contributed by atoms with E-state index in [-0.39, 0.29) is 18.2 Å². The lowest BCUT2D eigenvalue weighted by Gasteiger charge is -2.18. The summed E-state index contributed by atoms with van der Waals surface area (Å²) in [5.74, 6) is -0.174. The van der Waals surface area contributed by atoms with Crippen molar-refractivity contribution in [1.29, 1.82) is 0 Å². The minimum Gasteiger partial charge on any atom is -0.332 e. The highest BCUT2D eigenvalue weighted by molar-refractivity contribution is 5.99. The maximum Gasteiger partial charge on any atom is 0.220 e. The van der Waals surface area contributed by atoms with Crippen LogP contribution in [-0.2, 0) is 4.79 Å². The lowest BCUT2D eigenvalue weighted by molar-refractivity contribution is -0.127. The topological polar surface area (TPSA) is 37.4 Å². The van der Waals surface area contributed by atoms with E-state index in [4.69, 9.17) is 0 Å². The third-order valence-electron chi connectivity index (χ3n) is 2.50. The number of rotatable bonds is 5. The van der Waals surface area contributed by atoms with Gasteiger partial charge in [-0.15, -0.1) is 6.58 Å². The summed E-state index contributed by atoms with van der Waals surface area (Å²) in [6, 6.07) is 7.34. The summed E-state index contributed by atoms with van der Waals surface area (Å²) in [4.78, 5) is 24.7. The van der Waals surface area contributed by atoms with Gasteiger partial charge in [-0.1, -0.05) is 35.9 Å². The molecule has 0 aliphatic carbocycles. The lowest BCUT2D eigenvalue weighted by atomic mass is 10.1. The summed E-state index contributed by atoms with van der Waals surface area (Å²) in [5, 5.41) is 0. The zero-order chi connectivity index (χ0) is 12.8. The number of nitrogens with zero attached hydrogens (tertiary/aromatic N) is 1. The molecule has 90 valence electrons. The van der Waals surface area contributed by atoms with Crippen LogP contribution in [0.15, 0.2) is 36.9 Å². The molecule has 0 spiro atoms. The highest BCUT2D eigenvalue weighted by Gasteiger charge is 2.13. The van der Waals surface area contributed by atoms with Gasteiger partial charge >= 0.3 is 0 Å². The van der Waals surface area contributed by atoms with Gasteiger partial charge in [0.15, 0.2) is 5.78 Å². The normalized spacial score (nSPS) is 9.76. The smallest absolute Gasteiger partial charge is 0.220 e. The van der Waals surface area contributed by atoms with E-state index in [1.165, 1.54) is 11.8 Å². The number of ketones is 1. The predicted molar refractivity (Wildman–Crippen MR) is 68.0 cm³/mol. The fourth-order valence-electron chi connectivity index (χ4n) is 1.46. The Labute approximate surface area is 102 Å². The number of amides is 1. The number of benzene rings is 1. The zero-order valence-electron chi connectivity index (χ0n) is 10.3. The van der Waals surface area contributed by atoms with E-state index in [1.54, 1.807) is 18.2 Å². The quantitative estimate of drug-likeness (QED) is 0.575. The molecule has 0 bridgehead atoms. The van der Waals surface area contributed by atoms with Crippen LogP contribution >= 0.6 is 0 Å². The molecule has 1 rings (SSSR count). The van der Waals surface area contributed by atoms with Crippen molar-refractivity contribution >= 4 is 11.7 Å². The van der Waals surface area contributed by atoms with Gasteiger partial charge in [0.05, 0.1) is 6.54 Å². The van der Waals surface area contributed by atoms with E-state index in [9.17, 15) is 9.59 Å². The van der Waals surface area contributed by atoms with E-state index in [0.717, 1.165) is 5.56 Å². The summed E-state index contributed by atoms with van der Waals surface area (Å²) < 4.78 is 0. The Morgan fingerprint density at radius 3 is 2.35 bits per heavy atom. The van der Waals surface area contributed by atoms with Crippen molar-refractivity contribution in [2.24, 2.45) is 0 Å². The summed E-state index contributed by atoms with van der Waals surface area (Å²) in [7, 11) is 0. The Morgan fingerprint density at radius 1 is 1.29 bits per heavy atom. The van der Waals surface area contributed by atoms with Gasteiger partial charge in [0.2, 0.25) is 5.91 Å². The molecule has 0 saturated heterocycles. The average Bonchev–Trinajstić information content (AvgIpc) is 2.29. The zero-order valence-corrected chi connectivity index (χ0v) is 10.3.